The standard InChI is InChI=1S/C14H16FNO7S/c1-22-11-4-9(14(18)19)10(5-12(11)23-2)16-6-8(3-13(16)17)7-24(15,20)21/h4-5,8H,3,6-7H2,1-2H3,(H,18,19). The Bertz CT molecular complexity index is 778. The van der Waals surface area contributed by atoms with E-state index in [2.05, 4.69) is 0 Å². The number of amides is 1. The summed E-state index contributed by atoms with van der Waals surface area (Å²) in [5, 5.41) is 9.36. The Labute approximate surface area is 138 Å². The van der Waals surface area contributed by atoms with Gasteiger partial charge < -0.3 is 19.5 Å². The molecule has 132 valence electrons. The minimum Gasteiger partial charge on any atom is -0.493 e. The Hall–Kier alpha value is -2.36. The first-order valence-electron chi connectivity index (χ1n) is 6.88. The van der Waals surface area contributed by atoms with Crippen molar-refractivity contribution in [2.24, 2.45) is 5.92 Å². The van der Waals surface area contributed by atoms with Crippen molar-refractivity contribution in [3.63, 3.8) is 0 Å². The van der Waals surface area contributed by atoms with Crippen molar-refractivity contribution in [3.05, 3.63) is 17.7 Å². The number of carbonyl (C=O) groups is 2. The zero-order valence-electron chi connectivity index (χ0n) is 13.0. The van der Waals surface area contributed by atoms with Crippen LogP contribution in [0.2, 0.25) is 0 Å². The van der Waals surface area contributed by atoms with Crippen molar-refractivity contribution in [2.45, 2.75) is 6.42 Å². The molecule has 10 heteroatoms. The summed E-state index contributed by atoms with van der Waals surface area (Å²) in [6.45, 7) is -0.0995. The third-order valence-corrected chi connectivity index (χ3v) is 4.53. The van der Waals surface area contributed by atoms with Gasteiger partial charge >= 0.3 is 16.2 Å². The highest BCUT2D eigenvalue weighted by atomic mass is 32.3. The Morgan fingerprint density at radius 3 is 2.42 bits per heavy atom. The molecule has 1 aliphatic heterocycles. The zero-order valence-corrected chi connectivity index (χ0v) is 13.8. The Morgan fingerprint density at radius 1 is 1.33 bits per heavy atom. The summed E-state index contributed by atoms with van der Waals surface area (Å²) in [4.78, 5) is 24.7. The van der Waals surface area contributed by atoms with E-state index < -0.39 is 33.8 Å². The first kappa shape index (κ1) is 18.0. The van der Waals surface area contributed by atoms with Crippen LogP contribution in [-0.2, 0) is 15.0 Å². The molecule has 1 unspecified atom stereocenters. The van der Waals surface area contributed by atoms with E-state index in [1.54, 1.807) is 0 Å². The lowest BCUT2D eigenvalue weighted by Crippen LogP contribution is -2.27. The van der Waals surface area contributed by atoms with Gasteiger partial charge in [0.15, 0.2) is 11.5 Å². The van der Waals surface area contributed by atoms with Crippen molar-refractivity contribution in [2.75, 3.05) is 31.4 Å². The molecule has 0 bridgehead atoms. The van der Waals surface area contributed by atoms with Crippen molar-refractivity contribution in [3.8, 4) is 11.5 Å². The Kier molecular flexibility index (Phi) is 4.97. The molecule has 1 fully saturated rings. The van der Waals surface area contributed by atoms with E-state index in [1.165, 1.54) is 26.4 Å². The lowest BCUT2D eigenvalue weighted by atomic mass is 10.1. The summed E-state index contributed by atoms with van der Waals surface area (Å²) in [6, 6.07) is 2.54. The van der Waals surface area contributed by atoms with Crippen LogP contribution >= 0.6 is 0 Å². The third-order valence-electron chi connectivity index (χ3n) is 3.66. The predicted octanol–water partition coefficient (Wildman–Crippen LogP) is 1.05. The van der Waals surface area contributed by atoms with Gasteiger partial charge in [0, 0.05) is 31.0 Å². The molecule has 0 radical (unpaired) electrons. The minimum absolute atomic E-state index is 0.0453. The lowest BCUT2D eigenvalue weighted by Gasteiger charge is -2.21. The molecule has 2 rings (SSSR count). The molecule has 8 nitrogen and oxygen atoms in total. The van der Waals surface area contributed by atoms with E-state index in [9.17, 15) is 27.0 Å². The number of rotatable bonds is 6. The number of anilines is 1. The van der Waals surface area contributed by atoms with Crippen LogP contribution in [0.25, 0.3) is 0 Å². The smallest absolute Gasteiger partial charge is 0.337 e. The molecule has 0 saturated carbocycles. The zero-order chi connectivity index (χ0) is 18.1. The summed E-state index contributed by atoms with van der Waals surface area (Å²) in [6.07, 6.45) is -0.184. The van der Waals surface area contributed by atoms with Crippen LogP contribution in [0.4, 0.5) is 9.57 Å². The van der Waals surface area contributed by atoms with Crippen molar-refractivity contribution >= 4 is 27.8 Å². The van der Waals surface area contributed by atoms with Crippen LogP contribution in [0.3, 0.4) is 0 Å². The molecule has 0 aliphatic carbocycles. The average molecular weight is 361 g/mol. The third kappa shape index (κ3) is 3.75. The molecular weight excluding hydrogens is 345 g/mol. The van der Waals surface area contributed by atoms with Crippen molar-refractivity contribution in [1.82, 2.24) is 0 Å². The number of carboxylic acids is 1. The minimum atomic E-state index is -4.73. The van der Waals surface area contributed by atoms with E-state index in [1.807, 2.05) is 0 Å². The second-order valence-electron chi connectivity index (χ2n) is 5.31. The van der Waals surface area contributed by atoms with E-state index >= 15 is 0 Å². The van der Waals surface area contributed by atoms with Crippen LogP contribution in [0, 0.1) is 5.92 Å². The highest BCUT2D eigenvalue weighted by Gasteiger charge is 2.36. The summed E-state index contributed by atoms with van der Waals surface area (Å²) in [7, 11) is -2.03. The second-order valence-corrected chi connectivity index (χ2v) is 6.72. The first-order valence-corrected chi connectivity index (χ1v) is 8.43. The molecule has 1 amide bonds. The van der Waals surface area contributed by atoms with Crippen LogP contribution in [0.1, 0.15) is 16.8 Å². The summed E-state index contributed by atoms with van der Waals surface area (Å²) < 4.78 is 44.5. The lowest BCUT2D eigenvalue weighted by molar-refractivity contribution is -0.117. The number of aromatic carboxylic acids is 1. The summed E-state index contributed by atoms with van der Waals surface area (Å²) >= 11 is 0. The van der Waals surface area contributed by atoms with Gasteiger partial charge in [-0.25, -0.2) is 4.79 Å². The quantitative estimate of drug-likeness (QED) is 0.754. The monoisotopic (exact) mass is 361 g/mol. The molecule has 1 atom stereocenters. The van der Waals surface area contributed by atoms with Crippen LogP contribution in [0.15, 0.2) is 12.1 Å². The fraction of sp³-hybridized carbons (Fsp3) is 0.429. The van der Waals surface area contributed by atoms with E-state index in [4.69, 9.17) is 9.47 Å². The second kappa shape index (κ2) is 6.63. The van der Waals surface area contributed by atoms with Crippen molar-refractivity contribution < 1.29 is 36.5 Å². The van der Waals surface area contributed by atoms with Gasteiger partial charge in [0.05, 0.1) is 31.2 Å². The number of ether oxygens (including phenoxy) is 2. The average Bonchev–Trinajstić information content (AvgIpc) is 2.83. The SMILES string of the molecule is COc1cc(C(=O)O)c(N2CC(CS(=O)(=O)F)CC2=O)cc1OC. The summed E-state index contributed by atoms with van der Waals surface area (Å²) in [5.74, 6) is -2.92. The maximum absolute atomic E-state index is 12.8. The van der Waals surface area contributed by atoms with Gasteiger partial charge in [0.1, 0.15) is 0 Å². The van der Waals surface area contributed by atoms with Gasteiger partial charge in [-0.3, -0.25) is 4.79 Å². The first-order chi connectivity index (χ1) is 11.2. The maximum atomic E-state index is 12.8. The van der Waals surface area contributed by atoms with E-state index in [0.717, 1.165) is 4.90 Å². The molecule has 1 aromatic rings. The Morgan fingerprint density at radius 2 is 1.92 bits per heavy atom. The van der Waals surface area contributed by atoms with E-state index in [-0.39, 0.29) is 35.7 Å². The van der Waals surface area contributed by atoms with Gasteiger partial charge in [-0.05, 0) is 0 Å². The molecule has 1 heterocycles. The number of hydrogen-bond acceptors (Lipinski definition) is 6. The van der Waals surface area contributed by atoms with Gasteiger partial charge in [0.25, 0.3) is 0 Å². The van der Waals surface area contributed by atoms with Gasteiger partial charge in [-0.1, -0.05) is 0 Å². The molecule has 1 aromatic carbocycles. The fourth-order valence-electron chi connectivity index (χ4n) is 2.67. The maximum Gasteiger partial charge on any atom is 0.337 e. The van der Waals surface area contributed by atoms with Crippen LogP contribution in [0.5, 0.6) is 11.5 Å². The van der Waals surface area contributed by atoms with Gasteiger partial charge in [-0.2, -0.15) is 8.42 Å². The molecule has 1 saturated heterocycles. The molecule has 0 aromatic heterocycles. The topological polar surface area (TPSA) is 110 Å². The normalized spacial score (nSPS) is 17.9. The molecule has 1 aliphatic rings. The number of halogens is 1. The van der Waals surface area contributed by atoms with Gasteiger partial charge in [-0.15, -0.1) is 3.89 Å². The van der Waals surface area contributed by atoms with E-state index in [0.29, 0.717) is 0 Å². The van der Waals surface area contributed by atoms with Crippen molar-refractivity contribution in [1.29, 1.82) is 0 Å². The Balaban J connectivity index is 2.43. The molecular formula is C14H16FNO7S. The number of nitrogens with zero attached hydrogens (tertiary/aromatic N) is 1. The summed E-state index contributed by atoms with van der Waals surface area (Å²) in [5.41, 5.74) is -0.159. The fourth-order valence-corrected chi connectivity index (χ4v) is 3.46. The van der Waals surface area contributed by atoms with Crippen LogP contribution < -0.4 is 14.4 Å². The highest BCUT2D eigenvalue weighted by Crippen LogP contribution is 2.37. The number of methoxy groups -OCH3 is 2. The number of hydrogen-bond donors (Lipinski definition) is 1. The predicted molar refractivity (Wildman–Crippen MR) is 81.9 cm³/mol. The number of benzene rings is 1. The largest absolute Gasteiger partial charge is 0.493 e. The highest BCUT2D eigenvalue weighted by molar-refractivity contribution is 7.86. The molecule has 0 spiro atoms. The molecule has 24 heavy (non-hydrogen) atoms. The van der Waals surface area contributed by atoms with Crippen LogP contribution in [-0.4, -0.2) is 51.9 Å². The molecule has 1 N–H and O–H groups in total. The number of carboxylic acid groups (broad SMARTS) is 1. The number of carbonyl (C=O) groups excluding carboxylic acids is 1. The van der Waals surface area contributed by atoms with Gasteiger partial charge in [0.2, 0.25) is 5.91 Å².